The summed E-state index contributed by atoms with van der Waals surface area (Å²) in [7, 11) is 0. The second-order valence-corrected chi connectivity index (χ2v) is 3.77. The predicted octanol–water partition coefficient (Wildman–Crippen LogP) is -0.257. The Kier molecular flexibility index (Phi) is 7.03. The summed E-state index contributed by atoms with van der Waals surface area (Å²) in [5.74, 6) is -0.899. The molecule has 0 saturated carbocycles. The second-order valence-electron chi connectivity index (χ2n) is 3.77. The van der Waals surface area contributed by atoms with Crippen LogP contribution < -0.4 is 10.6 Å². The number of aromatic nitrogens is 2. The van der Waals surface area contributed by atoms with E-state index in [1.807, 2.05) is 0 Å². The molecule has 0 saturated heterocycles. The highest BCUT2D eigenvalue weighted by atomic mass is 16.5. The molecule has 0 aliphatic heterocycles. The van der Waals surface area contributed by atoms with Gasteiger partial charge in [0.25, 0.3) is 0 Å². The van der Waals surface area contributed by atoms with Gasteiger partial charge in [-0.05, 0) is 0 Å². The molecule has 8 nitrogen and oxygen atoms in total. The van der Waals surface area contributed by atoms with E-state index >= 15 is 0 Å². The van der Waals surface area contributed by atoms with Crippen LogP contribution in [0.2, 0.25) is 0 Å². The lowest BCUT2D eigenvalue weighted by Crippen LogP contribution is -2.38. The Hall–Kier alpha value is -2.09. The number of nitrogens with one attached hydrogen (secondary N) is 3. The van der Waals surface area contributed by atoms with E-state index in [9.17, 15) is 9.59 Å². The molecule has 0 aliphatic rings. The van der Waals surface area contributed by atoms with Gasteiger partial charge in [0.15, 0.2) is 0 Å². The number of carboxylic acids is 1. The number of amides is 2. The van der Waals surface area contributed by atoms with Crippen LogP contribution in [0.3, 0.4) is 0 Å². The molecule has 0 spiro atoms. The van der Waals surface area contributed by atoms with E-state index < -0.39 is 5.97 Å². The Morgan fingerprint density at radius 3 is 2.79 bits per heavy atom. The van der Waals surface area contributed by atoms with Gasteiger partial charge < -0.3 is 25.5 Å². The van der Waals surface area contributed by atoms with Crippen LogP contribution in [-0.4, -0.2) is 53.4 Å². The summed E-state index contributed by atoms with van der Waals surface area (Å²) in [4.78, 5) is 28.3. The van der Waals surface area contributed by atoms with Crippen LogP contribution in [0.15, 0.2) is 12.5 Å². The van der Waals surface area contributed by atoms with E-state index in [2.05, 4.69) is 20.6 Å². The van der Waals surface area contributed by atoms with Crippen LogP contribution in [0.4, 0.5) is 4.79 Å². The molecule has 1 aromatic rings. The van der Waals surface area contributed by atoms with E-state index in [4.69, 9.17) is 9.84 Å². The zero-order valence-electron chi connectivity index (χ0n) is 10.5. The monoisotopic (exact) mass is 270 g/mol. The van der Waals surface area contributed by atoms with Gasteiger partial charge in [0, 0.05) is 31.4 Å². The number of aliphatic carboxylic acids is 1. The zero-order chi connectivity index (χ0) is 13.9. The summed E-state index contributed by atoms with van der Waals surface area (Å²) in [6.07, 6.45) is 3.94. The number of nitrogens with zero attached hydrogens (tertiary/aromatic N) is 1. The fourth-order valence-electron chi connectivity index (χ4n) is 1.29. The summed E-state index contributed by atoms with van der Waals surface area (Å²) in [6, 6.07) is -0.277. The minimum Gasteiger partial charge on any atom is -0.481 e. The number of aromatic amines is 1. The summed E-state index contributed by atoms with van der Waals surface area (Å²) in [5.41, 5.74) is 0.956. The molecule has 2 amide bonds. The van der Waals surface area contributed by atoms with Crippen molar-refractivity contribution in [3.63, 3.8) is 0 Å². The van der Waals surface area contributed by atoms with Gasteiger partial charge in [-0.1, -0.05) is 0 Å². The number of hydrogen-bond donors (Lipinski definition) is 4. The molecular weight excluding hydrogens is 252 g/mol. The summed E-state index contributed by atoms with van der Waals surface area (Å²) < 4.78 is 5.02. The quantitative estimate of drug-likeness (QED) is 0.461. The van der Waals surface area contributed by atoms with Crippen molar-refractivity contribution in [2.75, 3.05) is 26.3 Å². The van der Waals surface area contributed by atoms with Gasteiger partial charge >= 0.3 is 12.0 Å². The van der Waals surface area contributed by atoms with E-state index in [0.717, 1.165) is 5.69 Å². The van der Waals surface area contributed by atoms with E-state index in [1.165, 1.54) is 0 Å². The SMILES string of the molecule is O=C(O)CCOCCNC(=O)NCCc1cnc[nH]1. The Morgan fingerprint density at radius 2 is 2.11 bits per heavy atom. The fraction of sp³-hybridized carbons (Fsp3) is 0.545. The number of carbonyl (C=O) groups is 2. The standard InChI is InChI=1S/C11H18N4O4/c16-10(17)2-5-19-6-4-14-11(18)13-3-1-9-7-12-8-15-9/h7-8H,1-6H2,(H,12,15)(H,16,17)(H2,13,14,18). The zero-order valence-corrected chi connectivity index (χ0v) is 10.5. The summed E-state index contributed by atoms with van der Waals surface area (Å²) in [6.45, 7) is 1.29. The highest BCUT2D eigenvalue weighted by molar-refractivity contribution is 5.73. The van der Waals surface area contributed by atoms with Gasteiger partial charge in [0.2, 0.25) is 0 Å². The van der Waals surface area contributed by atoms with E-state index in [1.54, 1.807) is 12.5 Å². The van der Waals surface area contributed by atoms with Gasteiger partial charge in [-0.2, -0.15) is 0 Å². The average Bonchev–Trinajstić information content (AvgIpc) is 2.86. The van der Waals surface area contributed by atoms with Crippen LogP contribution in [0.5, 0.6) is 0 Å². The highest BCUT2D eigenvalue weighted by Crippen LogP contribution is 1.90. The molecule has 1 rings (SSSR count). The minimum absolute atomic E-state index is 0.0314. The van der Waals surface area contributed by atoms with Gasteiger partial charge in [0.05, 0.1) is 26.0 Å². The Bertz CT molecular complexity index is 380. The van der Waals surface area contributed by atoms with Gasteiger partial charge in [-0.3, -0.25) is 4.79 Å². The number of urea groups is 1. The Labute approximate surface area is 110 Å². The van der Waals surface area contributed by atoms with Crippen molar-refractivity contribution < 1.29 is 19.4 Å². The fourth-order valence-corrected chi connectivity index (χ4v) is 1.29. The molecule has 0 fully saturated rings. The summed E-state index contributed by atoms with van der Waals surface area (Å²) >= 11 is 0. The maximum atomic E-state index is 11.3. The maximum absolute atomic E-state index is 11.3. The molecule has 1 aromatic heterocycles. The van der Waals surface area contributed by atoms with Crippen molar-refractivity contribution >= 4 is 12.0 Å². The predicted molar refractivity (Wildman–Crippen MR) is 66.8 cm³/mol. The first-order valence-electron chi connectivity index (χ1n) is 5.97. The summed E-state index contributed by atoms with van der Waals surface area (Å²) in [5, 5.41) is 13.7. The third-order valence-corrected chi connectivity index (χ3v) is 2.23. The molecule has 0 unspecified atom stereocenters. The molecule has 0 aromatic carbocycles. The molecular formula is C11H18N4O4. The van der Waals surface area contributed by atoms with Crippen LogP contribution in [0.25, 0.3) is 0 Å². The first-order chi connectivity index (χ1) is 9.18. The van der Waals surface area contributed by atoms with Crippen LogP contribution in [0.1, 0.15) is 12.1 Å². The third-order valence-electron chi connectivity index (χ3n) is 2.23. The lowest BCUT2D eigenvalue weighted by atomic mass is 10.3. The maximum Gasteiger partial charge on any atom is 0.314 e. The first-order valence-corrected chi connectivity index (χ1v) is 5.97. The number of rotatable bonds is 9. The van der Waals surface area contributed by atoms with Crippen molar-refractivity contribution in [3.8, 4) is 0 Å². The van der Waals surface area contributed by atoms with Crippen LogP contribution in [-0.2, 0) is 16.0 Å². The Balaban J connectivity index is 1.92. The number of imidazole rings is 1. The van der Waals surface area contributed by atoms with Crippen molar-refractivity contribution in [1.82, 2.24) is 20.6 Å². The largest absolute Gasteiger partial charge is 0.481 e. The van der Waals surface area contributed by atoms with Gasteiger partial charge in [-0.25, -0.2) is 9.78 Å². The van der Waals surface area contributed by atoms with Crippen molar-refractivity contribution in [1.29, 1.82) is 0 Å². The molecule has 8 heteroatoms. The van der Waals surface area contributed by atoms with Crippen molar-refractivity contribution in [2.45, 2.75) is 12.8 Å². The molecule has 4 N–H and O–H groups in total. The highest BCUT2D eigenvalue weighted by Gasteiger charge is 2.00. The first kappa shape index (κ1) is 15.0. The lowest BCUT2D eigenvalue weighted by molar-refractivity contribution is -0.138. The normalized spacial score (nSPS) is 10.1. The van der Waals surface area contributed by atoms with Crippen molar-refractivity contribution in [3.05, 3.63) is 18.2 Å². The average molecular weight is 270 g/mol. The lowest BCUT2D eigenvalue weighted by Gasteiger charge is -2.07. The Morgan fingerprint density at radius 1 is 1.32 bits per heavy atom. The number of carbonyl (C=O) groups excluding carboxylic acids is 1. The number of hydrogen-bond acceptors (Lipinski definition) is 4. The van der Waals surface area contributed by atoms with Crippen molar-refractivity contribution in [2.24, 2.45) is 0 Å². The topological polar surface area (TPSA) is 116 Å². The molecule has 0 radical (unpaired) electrons. The van der Waals surface area contributed by atoms with Crippen LogP contribution >= 0.6 is 0 Å². The smallest absolute Gasteiger partial charge is 0.314 e. The number of carboxylic acid groups (broad SMARTS) is 1. The number of ether oxygens (including phenoxy) is 1. The molecule has 19 heavy (non-hydrogen) atoms. The molecule has 0 aliphatic carbocycles. The van der Waals surface area contributed by atoms with E-state index in [-0.39, 0.29) is 19.1 Å². The number of H-pyrrole nitrogens is 1. The third kappa shape index (κ3) is 7.77. The molecule has 106 valence electrons. The molecule has 0 bridgehead atoms. The molecule has 1 heterocycles. The van der Waals surface area contributed by atoms with E-state index in [0.29, 0.717) is 26.1 Å². The minimum atomic E-state index is -0.899. The van der Waals surface area contributed by atoms with Gasteiger partial charge in [-0.15, -0.1) is 0 Å². The second kappa shape index (κ2) is 8.92. The van der Waals surface area contributed by atoms with Gasteiger partial charge in [0.1, 0.15) is 0 Å². The molecule has 0 atom stereocenters. The van der Waals surface area contributed by atoms with Crippen LogP contribution in [0, 0.1) is 0 Å².